The van der Waals surface area contributed by atoms with Crippen molar-refractivity contribution < 1.29 is 4.79 Å². The zero-order valence-electron chi connectivity index (χ0n) is 8.57. The van der Waals surface area contributed by atoms with Gasteiger partial charge in [0.05, 0.1) is 5.69 Å². The van der Waals surface area contributed by atoms with Crippen LogP contribution in [0, 0.1) is 0 Å². The van der Waals surface area contributed by atoms with Crippen molar-refractivity contribution in [3.8, 4) is 0 Å². The highest BCUT2D eigenvalue weighted by Gasteiger charge is 2.16. The Labute approximate surface area is 89.2 Å². The molecule has 0 radical (unpaired) electrons. The lowest BCUT2D eigenvalue weighted by molar-refractivity contribution is -0.113. The summed E-state index contributed by atoms with van der Waals surface area (Å²) in [5, 5.41) is 4.15. The van der Waals surface area contributed by atoms with Crippen LogP contribution in [0.5, 0.6) is 0 Å². The number of ketones is 1. The molecule has 0 atom stereocenters. The Morgan fingerprint density at radius 1 is 1.07 bits per heavy atom. The van der Waals surface area contributed by atoms with Gasteiger partial charge in [-0.3, -0.25) is 10.2 Å². The summed E-state index contributed by atoms with van der Waals surface area (Å²) >= 11 is 0. The number of hydrogen-bond acceptors (Lipinski definition) is 3. The fraction of sp³-hybridized carbons (Fsp3) is 0.333. The van der Waals surface area contributed by atoms with E-state index in [0.717, 1.165) is 24.9 Å². The molecule has 3 nitrogen and oxygen atoms in total. The van der Waals surface area contributed by atoms with Crippen LogP contribution in [0.4, 0.5) is 5.69 Å². The molecule has 0 bridgehead atoms. The van der Waals surface area contributed by atoms with Crippen LogP contribution in [-0.2, 0) is 4.79 Å². The second kappa shape index (κ2) is 4.73. The Balaban J connectivity index is 2.01. The minimum Gasteiger partial charge on any atom is -0.293 e. The standard InChI is InChI=1S/C12H14N2O/c15-12-9-5-4-8-11(12)14-13-10-6-2-1-3-7-10/h1-3,6-7,13H,4-5,8-9H2/b14-11+. The van der Waals surface area contributed by atoms with Crippen molar-refractivity contribution in [2.24, 2.45) is 5.10 Å². The van der Waals surface area contributed by atoms with Crippen molar-refractivity contribution in [2.45, 2.75) is 25.7 Å². The average molecular weight is 202 g/mol. The fourth-order valence-electron chi connectivity index (χ4n) is 1.62. The van der Waals surface area contributed by atoms with E-state index in [1.807, 2.05) is 30.3 Å². The third-order valence-corrected chi connectivity index (χ3v) is 2.48. The van der Waals surface area contributed by atoms with E-state index >= 15 is 0 Å². The monoisotopic (exact) mass is 202 g/mol. The summed E-state index contributed by atoms with van der Waals surface area (Å²) in [6, 6.07) is 9.68. The molecule has 2 rings (SSSR count). The number of rotatable bonds is 2. The van der Waals surface area contributed by atoms with Crippen LogP contribution in [0.1, 0.15) is 25.7 Å². The van der Waals surface area contributed by atoms with Gasteiger partial charge >= 0.3 is 0 Å². The van der Waals surface area contributed by atoms with Crippen LogP contribution >= 0.6 is 0 Å². The SMILES string of the molecule is O=C1CCCC/C1=N\Nc1ccccc1. The number of carbonyl (C=O) groups is 1. The molecule has 0 saturated heterocycles. The van der Waals surface area contributed by atoms with Crippen LogP contribution in [-0.4, -0.2) is 11.5 Å². The van der Waals surface area contributed by atoms with E-state index in [0.29, 0.717) is 12.1 Å². The van der Waals surface area contributed by atoms with Gasteiger partial charge in [0.25, 0.3) is 0 Å². The second-order valence-electron chi connectivity index (χ2n) is 3.67. The smallest absolute Gasteiger partial charge is 0.178 e. The van der Waals surface area contributed by atoms with Gasteiger partial charge in [0.2, 0.25) is 0 Å². The van der Waals surface area contributed by atoms with Crippen molar-refractivity contribution in [3.05, 3.63) is 30.3 Å². The Kier molecular flexibility index (Phi) is 3.12. The zero-order chi connectivity index (χ0) is 10.5. The molecule has 1 aromatic rings. The maximum absolute atomic E-state index is 11.4. The van der Waals surface area contributed by atoms with Gasteiger partial charge in [0.1, 0.15) is 5.71 Å². The van der Waals surface area contributed by atoms with Crippen LogP contribution in [0.15, 0.2) is 35.4 Å². The molecule has 1 N–H and O–H groups in total. The van der Waals surface area contributed by atoms with E-state index in [-0.39, 0.29) is 5.78 Å². The van der Waals surface area contributed by atoms with Crippen molar-refractivity contribution in [1.82, 2.24) is 0 Å². The molecule has 3 heteroatoms. The Bertz CT molecular complexity index is 370. The Morgan fingerprint density at radius 2 is 1.80 bits per heavy atom. The summed E-state index contributed by atoms with van der Waals surface area (Å²) in [6.07, 6.45) is 3.53. The van der Waals surface area contributed by atoms with Crippen molar-refractivity contribution in [2.75, 3.05) is 5.43 Å². The maximum atomic E-state index is 11.4. The Hall–Kier alpha value is -1.64. The first-order chi connectivity index (χ1) is 7.36. The molecular formula is C12H14N2O. The average Bonchev–Trinajstić information content (AvgIpc) is 2.29. The van der Waals surface area contributed by atoms with E-state index in [1.165, 1.54) is 0 Å². The van der Waals surface area contributed by atoms with E-state index in [9.17, 15) is 4.79 Å². The molecule has 1 saturated carbocycles. The minimum atomic E-state index is 0.185. The van der Waals surface area contributed by atoms with Crippen molar-refractivity contribution >= 4 is 17.2 Å². The van der Waals surface area contributed by atoms with Gasteiger partial charge in [-0.15, -0.1) is 0 Å². The van der Waals surface area contributed by atoms with Gasteiger partial charge in [-0.05, 0) is 31.4 Å². The number of anilines is 1. The predicted molar refractivity (Wildman–Crippen MR) is 61.0 cm³/mol. The normalized spacial score (nSPS) is 19.2. The number of carbonyl (C=O) groups excluding carboxylic acids is 1. The number of nitrogens with zero attached hydrogens (tertiary/aromatic N) is 1. The van der Waals surface area contributed by atoms with Crippen LogP contribution < -0.4 is 5.43 Å². The van der Waals surface area contributed by atoms with E-state index in [2.05, 4.69) is 10.5 Å². The molecule has 78 valence electrons. The summed E-state index contributed by atoms with van der Waals surface area (Å²) < 4.78 is 0. The molecule has 0 unspecified atom stereocenters. The molecule has 1 aliphatic carbocycles. The van der Waals surface area contributed by atoms with Gasteiger partial charge in [-0.25, -0.2) is 0 Å². The molecule has 0 spiro atoms. The lowest BCUT2D eigenvalue weighted by atomic mass is 9.97. The predicted octanol–water partition coefficient (Wildman–Crippen LogP) is 2.60. The minimum absolute atomic E-state index is 0.185. The first-order valence-electron chi connectivity index (χ1n) is 5.27. The fourth-order valence-corrected chi connectivity index (χ4v) is 1.62. The maximum Gasteiger partial charge on any atom is 0.178 e. The lowest BCUT2D eigenvalue weighted by Gasteiger charge is -2.11. The van der Waals surface area contributed by atoms with E-state index < -0.39 is 0 Å². The molecule has 1 aromatic carbocycles. The topological polar surface area (TPSA) is 41.5 Å². The van der Waals surface area contributed by atoms with Gasteiger partial charge in [-0.2, -0.15) is 5.10 Å². The molecule has 0 heterocycles. The summed E-state index contributed by atoms with van der Waals surface area (Å²) in [4.78, 5) is 11.4. The first kappa shape index (κ1) is 9.90. The van der Waals surface area contributed by atoms with Gasteiger partial charge in [0, 0.05) is 6.42 Å². The van der Waals surface area contributed by atoms with Crippen LogP contribution in [0.2, 0.25) is 0 Å². The van der Waals surface area contributed by atoms with Gasteiger partial charge in [-0.1, -0.05) is 18.2 Å². The highest BCUT2D eigenvalue weighted by atomic mass is 16.1. The van der Waals surface area contributed by atoms with Crippen molar-refractivity contribution in [3.63, 3.8) is 0 Å². The first-order valence-corrected chi connectivity index (χ1v) is 5.27. The molecule has 0 amide bonds. The Morgan fingerprint density at radius 3 is 2.53 bits per heavy atom. The van der Waals surface area contributed by atoms with E-state index in [1.54, 1.807) is 0 Å². The summed E-state index contributed by atoms with van der Waals surface area (Å²) in [7, 11) is 0. The largest absolute Gasteiger partial charge is 0.293 e. The van der Waals surface area contributed by atoms with Gasteiger partial charge < -0.3 is 0 Å². The van der Waals surface area contributed by atoms with Gasteiger partial charge in [0.15, 0.2) is 5.78 Å². The number of hydrazone groups is 1. The zero-order valence-corrected chi connectivity index (χ0v) is 8.57. The summed E-state index contributed by atoms with van der Waals surface area (Å²) in [5.74, 6) is 0.185. The molecule has 0 aromatic heterocycles. The number of hydrogen-bond donors (Lipinski definition) is 1. The van der Waals surface area contributed by atoms with E-state index in [4.69, 9.17) is 0 Å². The van der Waals surface area contributed by atoms with Crippen LogP contribution in [0.25, 0.3) is 0 Å². The third-order valence-electron chi connectivity index (χ3n) is 2.48. The third kappa shape index (κ3) is 2.65. The molecule has 15 heavy (non-hydrogen) atoms. The summed E-state index contributed by atoms with van der Waals surface area (Å²) in [6.45, 7) is 0. The second-order valence-corrected chi connectivity index (χ2v) is 3.67. The highest BCUT2D eigenvalue weighted by Crippen LogP contribution is 2.13. The number of benzene rings is 1. The number of Topliss-reactive ketones (excluding diaryl/α,β-unsaturated/α-hetero) is 1. The number of nitrogens with one attached hydrogen (secondary N) is 1. The summed E-state index contributed by atoms with van der Waals surface area (Å²) in [5.41, 5.74) is 4.52. The number of para-hydroxylation sites is 1. The molecule has 0 aliphatic heterocycles. The highest BCUT2D eigenvalue weighted by molar-refractivity contribution is 6.40. The molecule has 1 fully saturated rings. The molecule has 1 aliphatic rings. The van der Waals surface area contributed by atoms with Crippen molar-refractivity contribution in [1.29, 1.82) is 0 Å². The van der Waals surface area contributed by atoms with Crippen LogP contribution in [0.3, 0.4) is 0 Å². The lowest BCUT2D eigenvalue weighted by Crippen LogP contribution is -2.19. The molecular weight excluding hydrogens is 188 g/mol. The quantitative estimate of drug-likeness (QED) is 0.749.